The first-order valence-corrected chi connectivity index (χ1v) is 13.8. The number of fused-ring (bicyclic) bond motifs is 1. The average Bonchev–Trinajstić information content (AvgIpc) is 3.40. The number of hydrogen-bond acceptors (Lipinski definition) is 5. The van der Waals surface area contributed by atoms with Gasteiger partial charge in [-0.15, -0.1) is 0 Å². The van der Waals surface area contributed by atoms with E-state index in [2.05, 4.69) is 21.2 Å². The maximum absolute atomic E-state index is 13.9. The van der Waals surface area contributed by atoms with Gasteiger partial charge >= 0.3 is 12.1 Å². The Labute approximate surface area is 225 Å². The quantitative estimate of drug-likeness (QED) is 0.393. The Morgan fingerprint density at radius 2 is 1.87 bits per heavy atom. The fourth-order valence-corrected chi connectivity index (χ4v) is 6.71. The number of carboxylic acid groups (broad SMARTS) is 1. The second-order valence-electron chi connectivity index (χ2n) is 11.6. The first kappa shape index (κ1) is 27.6. The van der Waals surface area contributed by atoms with Crippen LogP contribution in [0, 0.1) is 24.2 Å². The smallest absolute Gasteiger partial charge is 0.416 e. The topological polar surface area (TPSA) is 108 Å². The molecule has 1 saturated heterocycles. The van der Waals surface area contributed by atoms with Crippen molar-refractivity contribution in [2.45, 2.75) is 89.5 Å². The fraction of sp³-hybridized carbons (Fsp3) is 0.607. The molecule has 2 aliphatic carbocycles. The number of benzene rings is 1. The standard InChI is InChI=1S/C28H36F3N5O3/c1-17-12-20(26(38)39)22(14-21(17)28(29,30)31)33-25(37)24-27(15-23(34-35-24)36-11-10-32-16-36)8-5-3-2-4-6-18-13-19(18)7-9-27/h10-12,14,16,18-19,23-24,34-35H,2-9,13,15H2,1H3,(H,33,37)(H,38,39). The summed E-state index contributed by atoms with van der Waals surface area (Å²) in [4.78, 5) is 29.9. The molecule has 8 nitrogen and oxygen atoms in total. The number of anilines is 1. The number of nitrogens with zero attached hydrogens (tertiary/aromatic N) is 2. The average molecular weight is 548 g/mol. The lowest BCUT2D eigenvalue weighted by atomic mass is 9.67. The molecule has 2 saturated carbocycles. The van der Waals surface area contributed by atoms with E-state index in [-0.39, 0.29) is 23.0 Å². The molecular weight excluding hydrogens is 511 g/mol. The van der Waals surface area contributed by atoms with Gasteiger partial charge in [0, 0.05) is 12.4 Å². The van der Waals surface area contributed by atoms with Gasteiger partial charge in [0.1, 0.15) is 6.04 Å². The van der Waals surface area contributed by atoms with E-state index >= 15 is 0 Å². The molecule has 2 heterocycles. The van der Waals surface area contributed by atoms with Gasteiger partial charge in [-0.2, -0.15) is 13.2 Å². The number of hydrogen-bond donors (Lipinski definition) is 4. The number of nitrogens with one attached hydrogen (secondary N) is 3. The second kappa shape index (κ2) is 10.9. The van der Waals surface area contributed by atoms with Gasteiger partial charge in [-0.1, -0.05) is 32.1 Å². The van der Waals surface area contributed by atoms with Crippen molar-refractivity contribution in [3.05, 3.63) is 47.5 Å². The van der Waals surface area contributed by atoms with Crippen LogP contribution < -0.4 is 16.2 Å². The van der Waals surface area contributed by atoms with E-state index in [1.807, 2.05) is 10.8 Å². The number of hydrazine groups is 1. The molecule has 212 valence electrons. The molecule has 0 bridgehead atoms. The minimum Gasteiger partial charge on any atom is -0.478 e. The van der Waals surface area contributed by atoms with Crippen LogP contribution in [0.3, 0.4) is 0 Å². The second-order valence-corrected chi connectivity index (χ2v) is 11.6. The monoisotopic (exact) mass is 547 g/mol. The first-order valence-electron chi connectivity index (χ1n) is 13.8. The highest BCUT2D eigenvalue weighted by Gasteiger charge is 2.49. The molecule has 5 rings (SSSR count). The third kappa shape index (κ3) is 5.99. The molecule has 5 atom stereocenters. The molecule has 3 fully saturated rings. The predicted molar refractivity (Wildman–Crippen MR) is 139 cm³/mol. The number of carbonyl (C=O) groups is 2. The van der Waals surface area contributed by atoms with E-state index in [4.69, 9.17) is 0 Å². The lowest BCUT2D eigenvalue weighted by Gasteiger charge is -2.48. The zero-order valence-electron chi connectivity index (χ0n) is 22.1. The highest BCUT2D eigenvalue weighted by molar-refractivity contribution is 6.02. The minimum absolute atomic E-state index is 0.150. The number of rotatable bonds is 4. The van der Waals surface area contributed by atoms with Gasteiger partial charge in [0.05, 0.1) is 29.3 Å². The van der Waals surface area contributed by atoms with Crippen molar-refractivity contribution in [3.8, 4) is 0 Å². The van der Waals surface area contributed by atoms with Gasteiger partial charge in [0.25, 0.3) is 0 Å². The molecule has 0 radical (unpaired) electrons. The third-order valence-electron chi connectivity index (χ3n) is 8.99. The number of aromatic carboxylic acids is 1. The number of carbonyl (C=O) groups excluding carboxylic acids is 1. The van der Waals surface area contributed by atoms with Crippen molar-refractivity contribution in [2.75, 3.05) is 5.32 Å². The predicted octanol–water partition coefficient (Wildman–Crippen LogP) is 5.67. The number of alkyl halides is 3. The van der Waals surface area contributed by atoms with Gasteiger partial charge in [0.2, 0.25) is 5.91 Å². The normalized spacial score (nSPS) is 29.7. The number of carboxylic acids is 1. The van der Waals surface area contributed by atoms with Crippen LogP contribution in [0.25, 0.3) is 0 Å². The van der Waals surface area contributed by atoms with E-state index in [9.17, 15) is 27.9 Å². The van der Waals surface area contributed by atoms with Crippen molar-refractivity contribution in [2.24, 2.45) is 17.3 Å². The summed E-state index contributed by atoms with van der Waals surface area (Å²) in [6.45, 7) is 1.21. The van der Waals surface area contributed by atoms with Crippen molar-refractivity contribution >= 4 is 17.6 Å². The Morgan fingerprint density at radius 3 is 2.59 bits per heavy atom. The number of amides is 1. The Bertz CT molecular complexity index is 1200. The molecule has 11 heteroatoms. The van der Waals surface area contributed by atoms with Crippen LogP contribution in [0.1, 0.15) is 91.9 Å². The summed E-state index contributed by atoms with van der Waals surface area (Å²) in [5.41, 5.74) is 4.03. The largest absolute Gasteiger partial charge is 0.478 e. The third-order valence-corrected chi connectivity index (χ3v) is 8.99. The van der Waals surface area contributed by atoms with Crippen LogP contribution in [0.15, 0.2) is 30.9 Å². The zero-order chi connectivity index (χ0) is 27.8. The highest BCUT2D eigenvalue weighted by Crippen LogP contribution is 2.51. The molecular formula is C28H36F3N5O3. The molecule has 1 amide bonds. The number of aromatic nitrogens is 2. The van der Waals surface area contributed by atoms with E-state index < -0.39 is 35.1 Å². The molecule has 2 aromatic rings. The summed E-state index contributed by atoms with van der Waals surface area (Å²) in [5.74, 6) is -0.539. The van der Waals surface area contributed by atoms with Gasteiger partial charge in [-0.3, -0.25) is 4.79 Å². The van der Waals surface area contributed by atoms with Crippen LogP contribution in [0.2, 0.25) is 0 Å². The lowest BCUT2D eigenvalue weighted by molar-refractivity contribution is -0.138. The Hall–Kier alpha value is -2.92. The first-order chi connectivity index (χ1) is 18.6. The van der Waals surface area contributed by atoms with Gasteiger partial charge in [0.15, 0.2) is 0 Å². The summed E-state index contributed by atoms with van der Waals surface area (Å²) in [6.07, 6.45) is 10.5. The number of aryl methyl sites for hydroxylation is 1. The van der Waals surface area contributed by atoms with E-state index in [1.54, 1.807) is 12.5 Å². The SMILES string of the molecule is Cc1cc(C(=O)O)c(NC(=O)C2NNC(n3ccnc3)CC23CCCCCCC2CC2CC3)cc1C(F)(F)F. The van der Waals surface area contributed by atoms with Crippen molar-refractivity contribution in [1.82, 2.24) is 20.4 Å². The summed E-state index contributed by atoms with van der Waals surface area (Å²) in [6, 6.07) is 0.950. The van der Waals surface area contributed by atoms with Crippen LogP contribution >= 0.6 is 0 Å². The molecule has 1 spiro atoms. The van der Waals surface area contributed by atoms with Crippen LogP contribution in [-0.2, 0) is 11.0 Å². The van der Waals surface area contributed by atoms with Crippen LogP contribution in [0.5, 0.6) is 0 Å². The molecule has 1 aromatic carbocycles. The highest BCUT2D eigenvalue weighted by atomic mass is 19.4. The summed E-state index contributed by atoms with van der Waals surface area (Å²) in [7, 11) is 0. The lowest BCUT2D eigenvalue weighted by Crippen LogP contribution is -2.63. The molecule has 3 aliphatic rings. The van der Waals surface area contributed by atoms with Gasteiger partial charge < -0.3 is 15.0 Å². The number of halogens is 3. The molecule has 1 aromatic heterocycles. The molecule has 4 N–H and O–H groups in total. The van der Waals surface area contributed by atoms with Crippen LogP contribution in [-0.4, -0.2) is 32.6 Å². The van der Waals surface area contributed by atoms with E-state index in [0.29, 0.717) is 12.3 Å². The van der Waals surface area contributed by atoms with Gasteiger partial charge in [-0.25, -0.2) is 20.6 Å². The fourth-order valence-electron chi connectivity index (χ4n) is 6.71. The maximum Gasteiger partial charge on any atom is 0.416 e. The number of imidazole rings is 1. The summed E-state index contributed by atoms with van der Waals surface area (Å²) < 4.78 is 42.9. The van der Waals surface area contributed by atoms with Crippen LogP contribution in [0.4, 0.5) is 18.9 Å². The van der Waals surface area contributed by atoms with E-state index in [1.165, 1.54) is 26.2 Å². The Kier molecular flexibility index (Phi) is 7.74. The molecule has 5 unspecified atom stereocenters. The van der Waals surface area contributed by atoms with Crippen molar-refractivity contribution in [1.29, 1.82) is 0 Å². The minimum atomic E-state index is -4.68. The summed E-state index contributed by atoms with van der Waals surface area (Å²) in [5, 5.41) is 12.3. The Morgan fingerprint density at radius 1 is 1.10 bits per heavy atom. The van der Waals surface area contributed by atoms with Gasteiger partial charge in [-0.05, 0) is 74.0 Å². The van der Waals surface area contributed by atoms with E-state index in [0.717, 1.165) is 56.6 Å². The zero-order valence-corrected chi connectivity index (χ0v) is 22.1. The summed E-state index contributed by atoms with van der Waals surface area (Å²) >= 11 is 0. The molecule has 39 heavy (non-hydrogen) atoms. The van der Waals surface area contributed by atoms with Crippen molar-refractivity contribution in [3.63, 3.8) is 0 Å². The maximum atomic E-state index is 13.9. The molecule has 1 aliphatic heterocycles. The Balaban J connectivity index is 1.47. The van der Waals surface area contributed by atoms with Crippen molar-refractivity contribution < 1.29 is 27.9 Å².